The number of amides is 1. The maximum atomic E-state index is 13.2. The van der Waals surface area contributed by atoms with E-state index in [0.717, 1.165) is 28.3 Å². The molecule has 0 bridgehead atoms. The predicted octanol–water partition coefficient (Wildman–Crippen LogP) is 5.02. The number of likely N-dealkylation sites (tertiary alicyclic amines) is 1. The van der Waals surface area contributed by atoms with E-state index < -0.39 is 5.97 Å². The highest BCUT2D eigenvalue weighted by Gasteiger charge is 2.54. The second-order valence-corrected chi connectivity index (χ2v) is 10.8. The molecular weight excluding hydrogens is 521 g/mol. The van der Waals surface area contributed by atoms with Crippen molar-refractivity contribution in [2.24, 2.45) is 11.7 Å². The third-order valence-corrected chi connectivity index (χ3v) is 8.23. The van der Waals surface area contributed by atoms with Crippen LogP contribution in [0.1, 0.15) is 38.8 Å². The quantitative estimate of drug-likeness (QED) is 0.373. The Kier molecular flexibility index (Phi) is 6.74. The number of carboxylic acids is 1. The lowest BCUT2D eigenvalue weighted by Crippen LogP contribution is -2.42. The number of thiazole rings is 1. The summed E-state index contributed by atoms with van der Waals surface area (Å²) >= 11 is 13.7. The molecule has 1 saturated heterocycles. The number of hydrogen-bond acceptors (Lipinski definition) is 6. The summed E-state index contributed by atoms with van der Waals surface area (Å²) in [5.74, 6) is -0.356. The maximum Gasteiger partial charge on any atom is 0.354 e. The van der Waals surface area contributed by atoms with Gasteiger partial charge in [-0.3, -0.25) is 9.20 Å². The van der Waals surface area contributed by atoms with Gasteiger partial charge in [0.2, 0.25) is 0 Å². The number of carboxylic acid groups (broad SMARTS) is 1. The Morgan fingerprint density at radius 1 is 1.19 bits per heavy atom. The highest BCUT2D eigenvalue weighted by atomic mass is 35.5. The molecule has 1 aliphatic heterocycles. The van der Waals surface area contributed by atoms with E-state index in [4.69, 9.17) is 34.0 Å². The molecule has 4 aromatic rings. The molecule has 36 heavy (non-hydrogen) atoms. The van der Waals surface area contributed by atoms with Gasteiger partial charge in [0.25, 0.3) is 5.91 Å². The molecule has 2 aliphatic rings. The van der Waals surface area contributed by atoms with E-state index in [0.29, 0.717) is 39.9 Å². The van der Waals surface area contributed by atoms with Crippen LogP contribution in [0.3, 0.4) is 0 Å². The predicted molar refractivity (Wildman–Crippen MR) is 140 cm³/mol. The molecule has 4 heterocycles. The van der Waals surface area contributed by atoms with Crippen molar-refractivity contribution in [2.45, 2.75) is 31.8 Å². The number of carbonyl (C=O) groups excluding carboxylic acids is 1. The minimum atomic E-state index is -0.964. The van der Waals surface area contributed by atoms with Gasteiger partial charge in [0.15, 0.2) is 5.69 Å². The second-order valence-electron chi connectivity index (χ2n) is 8.82. The average Bonchev–Trinajstić information content (AvgIpc) is 3.20. The Hall–Kier alpha value is -2.98. The number of hydrogen-bond donors (Lipinski definition) is 2. The fourth-order valence-corrected chi connectivity index (χ4v) is 5.91. The van der Waals surface area contributed by atoms with E-state index in [2.05, 4.69) is 9.97 Å². The number of benzene rings is 1. The number of halogens is 2. The number of imidazole rings is 1. The lowest BCUT2D eigenvalue weighted by atomic mass is 10.1. The van der Waals surface area contributed by atoms with Crippen LogP contribution in [0.4, 0.5) is 0 Å². The molecule has 2 fully saturated rings. The summed E-state index contributed by atoms with van der Waals surface area (Å²) in [6.45, 7) is 2.41. The summed E-state index contributed by atoms with van der Waals surface area (Å²) < 4.78 is 1.53. The van der Waals surface area contributed by atoms with Crippen LogP contribution in [0.5, 0.6) is 0 Å². The van der Waals surface area contributed by atoms with E-state index in [-0.39, 0.29) is 17.6 Å². The van der Waals surface area contributed by atoms with Gasteiger partial charge < -0.3 is 15.7 Å². The molecule has 1 aliphatic carbocycles. The molecule has 8 nitrogen and oxygen atoms in total. The van der Waals surface area contributed by atoms with Crippen LogP contribution < -0.4 is 5.73 Å². The molecule has 6 rings (SSSR count). The van der Waals surface area contributed by atoms with Crippen LogP contribution in [0.15, 0.2) is 48.8 Å². The van der Waals surface area contributed by atoms with Gasteiger partial charge in [-0.05, 0) is 55.5 Å². The first-order chi connectivity index (χ1) is 17.3. The van der Waals surface area contributed by atoms with Crippen LogP contribution >= 0.6 is 34.5 Å². The molecule has 3 aromatic heterocycles. The third kappa shape index (κ3) is 4.59. The Labute approximate surface area is 221 Å². The number of aromatic carboxylic acids is 1. The first-order valence-corrected chi connectivity index (χ1v) is 13.0. The number of rotatable bonds is 4. The smallest absolute Gasteiger partial charge is 0.354 e. The normalized spacial score (nSPS) is 20.1. The first-order valence-electron chi connectivity index (χ1n) is 11.4. The van der Waals surface area contributed by atoms with Crippen molar-refractivity contribution in [3.05, 3.63) is 75.2 Å². The summed E-state index contributed by atoms with van der Waals surface area (Å²) in [7, 11) is 0. The van der Waals surface area contributed by atoms with Crippen molar-refractivity contribution in [2.75, 3.05) is 6.54 Å². The summed E-state index contributed by atoms with van der Waals surface area (Å²) in [5, 5.41) is 10.5. The largest absolute Gasteiger partial charge is 0.477 e. The Balaban J connectivity index is 0.000000186. The van der Waals surface area contributed by atoms with Crippen LogP contribution in [0.2, 0.25) is 10.0 Å². The van der Waals surface area contributed by atoms with Gasteiger partial charge in [-0.15, -0.1) is 11.3 Å². The van der Waals surface area contributed by atoms with E-state index in [9.17, 15) is 9.59 Å². The fourth-order valence-electron chi connectivity index (χ4n) is 4.70. The van der Waals surface area contributed by atoms with Crippen molar-refractivity contribution < 1.29 is 14.7 Å². The molecule has 186 valence electrons. The first kappa shape index (κ1) is 24.7. The molecule has 0 spiro atoms. The van der Waals surface area contributed by atoms with Crippen LogP contribution in [-0.4, -0.2) is 54.9 Å². The maximum absolute atomic E-state index is 13.2. The highest BCUT2D eigenvalue weighted by Crippen LogP contribution is 2.48. The Morgan fingerprint density at radius 2 is 2.00 bits per heavy atom. The van der Waals surface area contributed by atoms with Gasteiger partial charge in [0.05, 0.1) is 26.1 Å². The topological polar surface area (TPSA) is 114 Å². The summed E-state index contributed by atoms with van der Waals surface area (Å²) in [5.41, 5.74) is 8.08. The number of carbonyl (C=O) groups is 2. The lowest BCUT2D eigenvalue weighted by Gasteiger charge is -2.26. The average molecular weight is 544 g/mol. The van der Waals surface area contributed by atoms with Crippen molar-refractivity contribution in [1.29, 1.82) is 0 Å². The number of aromatic nitrogens is 3. The number of nitrogens with zero attached hydrogens (tertiary/aromatic N) is 4. The molecule has 1 aromatic carbocycles. The number of nitrogens with two attached hydrogens (primary N) is 1. The molecule has 1 amide bonds. The Morgan fingerprint density at radius 3 is 2.72 bits per heavy atom. The summed E-state index contributed by atoms with van der Waals surface area (Å²) in [6, 6.07) is 11.2. The molecule has 3 N–H and O–H groups in total. The third-order valence-electron chi connectivity index (χ3n) is 6.47. The van der Waals surface area contributed by atoms with Gasteiger partial charge in [0, 0.05) is 24.8 Å². The van der Waals surface area contributed by atoms with Gasteiger partial charge >= 0.3 is 5.97 Å². The van der Waals surface area contributed by atoms with Crippen LogP contribution in [-0.2, 0) is 0 Å². The minimum Gasteiger partial charge on any atom is -0.477 e. The zero-order valence-electron chi connectivity index (χ0n) is 19.3. The van der Waals surface area contributed by atoms with Gasteiger partial charge in [-0.25, -0.2) is 14.8 Å². The van der Waals surface area contributed by atoms with E-state index in [1.54, 1.807) is 30.5 Å². The van der Waals surface area contributed by atoms with Crippen molar-refractivity contribution >= 4 is 52.1 Å². The summed E-state index contributed by atoms with van der Waals surface area (Å²) in [6.07, 6.45) is 5.12. The van der Waals surface area contributed by atoms with Crippen LogP contribution in [0.25, 0.3) is 16.1 Å². The zero-order valence-corrected chi connectivity index (χ0v) is 21.6. The minimum absolute atomic E-state index is 0.0131. The van der Waals surface area contributed by atoms with E-state index in [1.165, 1.54) is 21.9 Å². The van der Waals surface area contributed by atoms with Crippen LogP contribution in [0, 0.1) is 12.8 Å². The number of aryl methyl sites for hydroxylation is 1. The SMILES string of the molecule is Cc1nc(C(=O)N2[C@H](CN)C[C@@H]3C[C@@H]32)c(-c2ccc(Cl)c(Cl)c2)s1.O=C(O)c1cnc2ccccn12. The van der Waals surface area contributed by atoms with Crippen molar-refractivity contribution in [3.63, 3.8) is 0 Å². The monoisotopic (exact) mass is 543 g/mol. The number of pyridine rings is 1. The van der Waals surface area contributed by atoms with Crippen molar-refractivity contribution in [1.82, 2.24) is 19.3 Å². The molecular formula is C25H23Cl2N5O3S. The fraction of sp³-hybridized carbons (Fsp3) is 0.280. The van der Waals surface area contributed by atoms with Gasteiger partial charge in [-0.1, -0.05) is 35.3 Å². The standard InChI is InChI=1S/C17H17Cl2N3OS.C8H6N2O2/c1-8-21-15(16(24-8)9-2-3-12(18)13(19)5-9)17(23)22-11(7-20)4-10-6-14(10)22;11-8(12)6-5-9-7-3-1-2-4-10(6)7/h2-3,5,10-11,14H,4,6-7,20H2,1H3;1-5H,(H,11,12)/t10-,11+,14+;/m1./s1. The number of fused-ring (bicyclic) bond motifs is 2. The Bertz CT molecular complexity index is 1470. The molecule has 3 atom stereocenters. The van der Waals surface area contributed by atoms with E-state index in [1.807, 2.05) is 24.0 Å². The van der Waals surface area contributed by atoms with Gasteiger partial charge in [-0.2, -0.15) is 0 Å². The van der Waals surface area contributed by atoms with Gasteiger partial charge in [0.1, 0.15) is 11.3 Å². The molecule has 0 radical (unpaired) electrons. The lowest BCUT2D eigenvalue weighted by molar-refractivity contribution is 0.0684. The highest BCUT2D eigenvalue weighted by molar-refractivity contribution is 7.15. The summed E-state index contributed by atoms with van der Waals surface area (Å²) in [4.78, 5) is 35.0. The van der Waals surface area contributed by atoms with Crippen molar-refractivity contribution in [3.8, 4) is 10.4 Å². The molecule has 1 saturated carbocycles. The number of piperidine rings is 1. The second kappa shape index (κ2) is 9.82. The van der Waals surface area contributed by atoms with E-state index >= 15 is 0 Å². The molecule has 0 unspecified atom stereocenters. The molecule has 11 heteroatoms. The zero-order chi connectivity index (χ0) is 25.6.